The van der Waals surface area contributed by atoms with Crippen molar-refractivity contribution in [2.75, 3.05) is 0 Å². The zero-order valence-electron chi connectivity index (χ0n) is 15.8. The van der Waals surface area contributed by atoms with E-state index in [0.29, 0.717) is 5.02 Å². The van der Waals surface area contributed by atoms with Crippen LogP contribution in [-0.2, 0) is 16.1 Å². The number of benzene rings is 2. The first-order valence-corrected chi connectivity index (χ1v) is 10.4. The lowest BCUT2D eigenvalue weighted by Gasteiger charge is -2.31. The van der Waals surface area contributed by atoms with Gasteiger partial charge >= 0.3 is 0 Å². The largest absolute Gasteiger partial charge is 0.274 e. The Bertz CT molecular complexity index is 965. The number of amides is 3. The van der Waals surface area contributed by atoms with Crippen molar-refractivity contribution in [2.45, 2.75) is 25.8 Å². The summed E-state index contributed by atoms with van der Waals surface area (Å²) in [5.41, 5.74) is 1.12. The molecule has 3 fully saturated rings. The van der Waals surface area contributed by atoms with Gasteiger partial charge < -0.3 is 0 Å². The number of rotatable bonds is 4. The number of carbonyl (C=O) groups is 3. The van der Waals surface area contributed by atoms with Crippen LogP contribution in [-0.4, -0.2) is 27.7 Å². The molecule has 2 bridgehead atoms. The maximum Gasteiger partial charge on any atom is 0.274 e. The molecule has 3 amide bonds. The highest BCUT2D eigenvalue weighted by Gasteiger charge is 2.62. The molecule has 2 aromatic carbocycles. The SMILES string of the molecule is O=C(c1ccccc1Cl)N(Cc1ccccc1)N1C(=O)[C@@H]2[C@H]3CC[C@@H](C3)[C@H]2C1=O. The third-order valence-corrected chi connectivity index (χ3v) is 6.99. The van der Waals surface area contributed by atoms with Gasteiger partial charge in [-0.15, -0.1) is 0 Å². The first-order chi connectivity index (χ1) is 14.1. The van der Waals surface area contributed by atoms with Gasteiger partial charge in [0.15, 0.2) is 0 Å². The molecule has 3 aliphatic rings. The van der Waals surface area contributed by atoms with Crippen LogP contribution in [0.1, 0.15) is 35.2 Å². The molecule has 4 atom stereocenters. The van der Waals surface area contributed by atoms with Crippen LogP contribution in [0.15, 0.2) is 54.6 Å². The summed E-state index contributed by atoms with van der Waals surface area (Å²) in [6.07, 6.45) is 2.95. The van der Waals surface area contributed by atoms with Crippen LogP contribution >= 0.6 is 11.6 Å². The normalized spacial score (nSPS) is 27.4. The number of hydrazine groups is 1. The highest BCUT2D eigenvalue weighted by atomic mass is 35.5. The van der Waals surface area contributed by atoms with E-state index in [1.54, 1.807) is 24.3 Å². The van der Waals surface area contributed by atoms with E-state index in [9.17, 15) is 14.4 Å². The number of nitrogens with zero attached hydrogens (tertiary/aromatic N) is 2. The number of hydrogen-bond acceptors (Lipinski definition) is 3. The van der Waals surface area contributed by atoms with Gasteiger partial charge in [-0.2, -0.15) is 5.01 Å². The zero-order valence-corrected chi connectivity index (χ0v) is 16.6. The molecule has 0 spiro atoms. The minimum Gasteiger partial charge on any atom is -0.272 e. The summed E-state index contributed by atoms with van der Waals surface area (Å²) in [6, 6.07) is 16.1. The third-order valence-electron chi connectivity index (χ3n) is 6.66. The van der Waals surface area contributed by atoms with Crippen LogP contribution in [0, 0.1) is 23.7 Å². The van der Waals surface area contributed by atoms with Gasteiger partial charge in [0.25, 0.3) is 17.7 Å². The second-order valence-corrected chi connectivity index (χ2v) is 8.61. The lowest BCUT2D eigenvalue weighted by Crippen LogP contribution is -2.50. The Morgan fingerprint density at radius 2 is 1.52 bits per heavy atom. The maximum atomic E-state index is 13.4. The molecule has 2 saturated carbocycles. The number of hydrogen-bond donors (Lipinski definition) is 0. The quantitative estimate of drug-likeness (QED) is 0.720. The van der Waals surface area contributed by atoms with Crippen molar-refractivity contribution in [1.29, 1.82) is 0 Å². The maximum absolute atomic E-state index is 13.4. The monoisotopic (exact) mass is 408 g/mol. The predicted octanol–water partition coefficient (Wildman–Crippen LogP) is 3.93. The van der Waals surface area contributed by atoms with Crippen LogP contribution < -0.4 is 0 Å². The molecule has 1 aliphatic heterocycles. The summed E-state index contributed by atoms with van der Waals surface area (Å²) < 4.78 is 0. The molecular formula is C23H21ClN2O3. The fourth-order valence-corrected chi connectivity index (χ4v) is 5.61. The van der Waals surface area contributed by atoms with Gasteiger partial charge in [-0.25, -0.2) is 5.01 Å². The molecule has 2 aromatic rings. The molecule has 1 saturated heterocycles. The van der Waals surface area contributed by atoms with E-state index in [4.69, 9.17) is 11.6 Å². The van der Waals surface area contributed by atoms with Gasteiger partial charge in [0.1, 0.15) is 0 Å². The molecule has 5 rings (SSSR count). The highest BCUT2D eigenvalue weighted by Crippen LogP contribution is 2.56. The van der Waals surface area contributed by atoms with Crippen LogP contribution in [0.4, 0.5) is 0 Å². The number of halogens is 1. The van der Waals surface area contributed by atoms with Crippen molar-refractivity contribution in [3.8, 4) is 0 Å². The fraction of sp³-hybridized carbons (Fsp3) is 0.348. The minimum atomic E-state index is -0.437. The van der Waals surface area contributed by atoms with E-state index < -0.39 is 5.91 Å². The van der Waals surface area contributed by atoms with Crippen molar-refractivity contribution < 1.29 is 14.4 Å². The standard InChI is InChI=1S/C23H21ClN2O3/c24-18-9-5-4-8-17(18)21(27)25(13-14-6-2-1-3-7-14)26-22(28)19-15-10-11-16(12-15)20(19)23(26)29/h1-9,15-16,19-20H,10-13H2/t15-,16-,19+,20+/m0/s1. The van der Waals surface area contributed by atoms with Crippen molar-refractivity contribution in [2.24, 2.45) is 23.7 Å². The van der Waals surface area contributed by atoms with Crippen molar-refractivity contribution >= 4 is 29.3 Å². The minimum absolute atomic E-state index is 0.136. The molecule has 5 nitrogen and oxygen atoms in total. The molecular weight excluding hydrogens is 388 g/mol. The lowest BCUT2D eigenvalue weighted by atomic mass is 9.81. The van der Waals surface area contributed by atoms with Gasteiger partial charge in [0, 0.05) is 0 Å². The van der Waals surface area contributed by atoms with Crippen molar-refractivity contribution in [1.82, 2.24) is 10.0 Å². The Hall–Kier alpha value is -2.66. The second-order valence-electron chi connectivity index (χ2n) is 8.20. The first kappa shape index (κ1) is 18.4. The Morgan fingerprint density at radius 3 is 2.14 bits per heavy atom. The van der Waals surface area contributed by atoms with E-state index in [1.165, 1.54) is 5.01 Å². The first-order valence-electron chi connectivity index (χ1n) is 10.0. The molecule has 2 aliphatic carbocycles. The van der Waals surface area contributed by atoms with Crippen molar-refractivity contribution in [3.63, 3.8) is 0 Å². The Kier molecular flexibility index (Phi) is 4.43. The number of fused-ring (bicyclic) bond motifs is 5. The zero-order chi connectivity index (χ0) is 20.1. The Balaban J connectivity index is 1.54. The predicted molar refractivity (Wildman–Crippen MR) is 107 cm³/mol. The van der Waals surface area contributed by atoms with Crippen LogP contribution in [0.3, 0.4) is 0 Å². The molecule has 148 valence electrons. The van der Waals surface area contributed by atoms with Crippen molar-refractivity contribution in [3.05, 3.63) is 70.7 Å². The summed E-state index contributed by atoms with van der Waals surface area (Å²) in [6.45, 7) is 0.136. The molecule has 29 heavy (non-hydrogen) atoms. The fourth-order valence-electron chi connectivity index (χ4n) is 5.39. The summed E-state index contributed by atoms with van der Waals surface area (Å²) in [4.78, 5) is 40.1. The van der Waals surface area contributed by atoms with E-state index in [2.05, 4.69) is 0 Å². The average Bonchev–Trinajstić information content (AvgIpc) is 3.41. The summed E-state index contributed by atoms with van der Waals surface area (Å²) in [7, 11) is 0. The molecule has 0 unspecified atom stereocenters. The van der Waals surface area contributed by atoms with Crippen LogP contribution in [0.5, 0.6) is 0 Å². The highest BCUT2D eigenvalue weighted by molar-refractivity contribution is 6.33. The van der Waals surface area contributed by atoms with E-state index in [1.807, 2.05) is 30.3 Å². The number of imide groups is 1. The average molecular weight is 409 g/mol. The van der Waals surface area contributed by atoms with Gasteiger partial charge in [0.05, 0.1) is 29.0 Å². The third kappa shape index (κ3) is 2.87. The van der Waals surface area contributed by atoms with E-state index >= 15 is 0 Å². The molecule has 0 aromatic heterocycles. The van der Waals surface area contributed by atoms with E-state index in [0.717, 1.165) is 29.8 Å². The molecule has 1 heterocycles. The van der Waals surface area contributed by atoms with E-state index in [-0.39, 0.29) is 47.6 Å². The molecule has 0 radical (unpaired) electrons. The summed E-state index contributed by atoms with van der Waals surface area (Å²) >= 11 is 6.26. The summed E-state index contributed by atoms with van der Waals surface area (Å²) in [5, 5.41) is 2.71. The molecule has 0 N–H and O–H groups in total. The Morgan fingerprint density at radius 1 is 0.931 bits per heavy atom. The topological polar surface area (TPSA) is 57.7 Å². The second kappa shape index (κ2) is 6.99. The van der Waals surface area contributed by atoms with Crippen LogP contribution in [0.2, 0.25) is 5.02 Å². The van der Waals surface area contributed by atoms with Crippen LogP contribution in [0.25, 0.3) is 0 Å². The van der Waals surface area contributed by atoms with Gasteiger partial charge in [0.2, 0.25) is 0 Å². The smallest absolute Gasteiger partial charge is 0.272 e. The Labute approximate surface area is 174 Å². The lowest BCUT2D eigenvalue weighted by molar-refractivity contribution is -0.156. The molecule has 6 heteroatoms. The number of carbonyl (C=O) groups excluding carboxylic acids is 3. The summed E-state index contributed by atoms with van der Waals surface area (Å²) in [5.74, 6) is -0.932. The van der Waals surface area contributed by atoms with Gasteiger partial charge in [-0.1, -0.05) is 54.1 Å². The van der Waals surface area contributed by atoms with Gasteiger partial charge in [-0.3, -0.25) is 14.4 Å². The van der Waals surface area contributed by atoms with Gasteiger partial charge in [-0.05, 0) is 48.8 Å².